The molecule has 0 aromatic carbocycles. The van der Waals surface area contributed by atoms with E-state index in [9.17, 15) is 24.1 Å². The number of aliphatic hydroxyl groups is 3. The fourth-order valence-corrected chi connectivity index (χ4v) is 3.89. The van der Waals surface area contributed by atoms with E-state index in [1.807, 2.05) is 21.1 Å². The van der Waals surface area contributed by atoms with E-state index < -0.39 is 52.5 Å². The molecular weight excluding hydrogens is 501 g/mol. The molecule has 2 heterocycles. The Morgan fingerprint density at radius 1 is 1.21 bits per heavy atom. The van der Waals surface area contributed by atoms with Crippen molar-refractivity contribution in [1.29, 1.82) is 0 Å². The summed E-state index contributed by atoms with van der Waals surface area (Å²) in [7, 11) is -4.20. The van der Waals surface area contributed by atoms with Crippen LogP contribution in [0.5, 0.6) is 0 Å². The summed E-state index contributed by atoms with van der Waals surface area (Å²) in [6, 6.07) is 1.37. The number of nitrogen functional groups attached to an aromatic ring is 1. The maximum atomic E-state index is 11.5. The molecule has 1 fully saturated rings. The first kappa shape index (κ1) is 32.7. The molecule has 19 heteroatoms. The van der Waals surface area contributed by atoms with E-state index in [4.69, 9.17) is 30.3 Å². The minimum absolute atomic E-state index is 0. The number of nitrogens with zero attached hydrogens (tertiary/aromatic N) is 3. The summed E-state index contributed by atoms with van der Waals surface area (Å²) in [6.07, 6.45) is -3.27. The van der Waals surface area contributed by atoms with Gasteiger partial charge in [-0.2, -0.15) is 9.29 Å². The third kappa shape index (κ3) is 11.8. The molecule has 0 amide bonds. The van der Waals surface area contributed by atoms with Crippen LogP contribution in [0.1, 0.15) is 6.23 Å². The minimum atomic E-state index is -5.01. The molecular formula is C14H30N4NaO12P2+. The van der Waals surface area contributed by atoms with E-state index in [1.165, 1.54) is 12.3 Å². The van der Waals surface area contributed by atoms with Crippen molar-refractivity contribution in [3.63, 3.8) is 0 Å². The van der Waals surface area contributed by atoms with Gasteiger partial charge in [0.2, 0.25) is 0 Å². The fraction of sp³-hybridized carbons (Fsp3) is 0.714. The number of ether oxygens (including phenoxy) is 1. The van der Waals surface area contributed by atoms with E-state index in [0.717, 1.165) is 4.57 Å². The van der Waals surface area contributed by atoms with Gasteiger partial charge in [0.15, 0.2) is 6.23 Å². The molecule has 0 radical (unpaired) electrons. The molecule has 1 aliphatic rings. The van der Waals surface area contributed by atoms with Crippen LogP contribution in [0.25, 0.3) is 0 Å². The number of likely N-dealkylation sites (N-methyl/N-ethyl adjacent to an activating group) is 1. The molecule has 0 saturated carbocycles. The van der Waals surface area contributed by atoms with Gasteiger partial charge in [-0.25, -0.2) is 13.9 Å². The predicted octanol–water partition coefficient (Wildman–Crippen LogP) is -3.29. The summed E-state index contributed by atoms with van der Waals surface area (Å²) in [4.78, 5) is 40.4. The van der Waals surface area contributed by atoms with Gasteiger partial charge < -0.3 is 45.0 Å². The summed E-state index contributed by atoms with van der Waals surface area (Å²) < 4.78 is 35.8. The molecule has 0 bridgehead atoms. The Kier molecular flexibility index (Phi) is 13.1. The Morgan fingerprint density at radius 3 is 2.21 bits per heavy atom. The first-order valence-electron chi connectivity index (χ1n) is 8.97. The average molecular weight is 531 g/mol. The zero-order valence-electron chi connectivity index (χ0n) is 17.5. The van der Waals surface area contributed by atoms with Crippen molar-refractivity contribution in [2.45, 2.75) is 24.5 Å². The van der Waals surface area contributed by atoms with Gasteiger partial charge in [0.1, 0.15) is 37.3 Å². The van der Waals surface area contributed by atoms with Gasteiger partial charge in [0.25, 0.3) is 0 Å². The number of phosphoric acid groups is 2. The first-order chi connectivity index (χ1) is 14.5. The number of anilines is 1. The SMILES string of the molecule is C[N+](C)(C)CCOP(=O)(O)OP(=O)(O)O.Nc1ccn([C@@H]2O[C@H](CO)[C@@H](O)[C@H]2O)c(=O)n1.[NaH]. The number of aromatic nitrogens is 2. The quantitative estimate of drug-likeness (QED) is 0.0988. The summed E-state index contributed by atoms with van der Waals surface area (Å²) in [5.41, 5.74) is 4.63. The van der Waals surface area contributed by atoms with Crippen LogP contribution in [0.3, 0.4) is 0 Å². The Labute approximate surface area is 211 Å². The van der Waals surface area contributed by atoms with Gasteiger partial charge in [-0.15, -0.1) is 0 Å². The van der Waals surface area contributed by atoms with Crippen LogP contribution in [0, 0.1) is 0 Å². The fourth-order valence-electron chi connectivity index (χ4n) is 2.32. The molecule has 8 N–H and O–H groups in total. The van der Waals surface area contributed by atoms with Gasteiger partial charge in [-0.05, 0) is 6.07 Å². The predicted molar refractivity (Wildman–Crippen MR) is 115 cm³/mol. The number of hydrogen-bond donors (Lipinski definition) is 7. The summed E-state index contributed by atoms with van der Waals surface area (Å²) in [5, 5.41) is 28.2. The number of nitrogens with two attached hydrogens (primary N) is 1. The van der Waals surface area contributed by atoms with E-state index in [2.05, 4.69) is 13.8 Å². The van der Waals surface area contributed by atoms with Crippen molar-refractivity contribution in [3.05, 3.63) is 22.7 Å². The van der Waals surface area contributed by atoms with Crippen LogP contribution < -0.4 is 11.4 Å². The second-order valence-electron chi connectivity index (χ2n) is 7.66. The van der Waals surface area contributed by atoms with E-state index in [1.54, 1.807) is 0 Å². The standard InChI is InChI=1S/C9H13N3O5.C5H15NO7P2.Na.H/c10-5-1-2-12(9(16)11-5)8-7(15)6(14)4(3-13)17-8;1-6(2,3)4-5-12-15(10,11)13-14(7,8)9;;/h1-2,4,6-8,13-15H,3H2,(H2,10,11,16);4-5H2,1-3H3,(H2-,7,8,9,10,11);;/p+1/t4-,6-,7-,8-;;;/m1.../s1. The van der Waals surface area contributed by atoms with Crippen molar-refractivity contribution < 1.29 is 57.2 Å². The van der Waals surface area contributed by atoms with E-state index in [-0.39, 0.29) is 42.0 Å². The van der Waals surface area contributed by atoms with Crippen LogP contribution in [0.4, 0.5) is 5.82 Å². The molecule has 0 spiro atoms. The van der Waals surface area contributed by atoms with Gasteiger partial charge in [-0.3, -0.25) is 9.09 Å². The van der Waals surface area contributed by atoms with Crippen molar-refractivity contribution >= 4 is 51.0 Å². The van der Waals surface area contributed by atoms with Crippen LogP contribution in [-0.2, 0) is 22.7 Å². The summed E-state index contributed by atoms with van der Waals surface area (Å²) in [6.45, 7) is -0.196. The molecule has 188 valence electrons. The van der Waals surface area contributed by atoms with Gasteiger partial charge >= 0.3 is 50.9 Å². The van der Waals surface area contributed by atoms with Crippen molar-refractivity contribution in [3.8, 4) is 0 Å². The molecule has 2 rings (SSSR count). The third-order valence-corrected chi connectivity index (χ3v) is 6.05. The van der Waals surface area contributed by atoms with Crippen LogP contribution in [-0.4, -0.2) is 133 Å². The Bertz CT molecular complexity index is 907. The van der Waals surface area contributed by atoms with Gasteiger partial charge in [0, 0.05) is 6.20 Å². The van der Waals surface area contributed by atoms with E-state index >= 15 is 0 Å². The molecule has 0 aliphatic carbocycles. The van der Waals surface area contributed by atoms with Gasteiger partial charge in [-0.1, -0.05) is 0 Å². The zero-order valence-corrected chi connectivity index (χ0v) is 19.3. The van der Waals surface area contributed by atoms with Crippen molar-refractivity contribution in [2.75, 3.05) is 46.6 Å². The summed E-state index contributed by atoms with van der Waals surface area (Å²) in [5.74, 6) is 0.0537. The average Bonchev–Trinajstić information content (AvgIpc) is 2.87. The Hall–Kier alpha value is -0.260. The van der Waals surface area contributed by atoms with Crippen molar-refractivity contribution in [2.24, 2.45) is 0 Å². The molecule has 1 aliphatic heterocycles. The molecule has 16 nitrogen and oxygen atoms in total. The van der Waals surface area contributed by atoms with Crippen LogP contribution >= 0.6 is 15.6 Å². The maximum absolute atomic E-state index is 11.5. The van der Waals surface area contributed by atoms with Gasteiger partial charge in [0.05, 0.1) is 27.7 Å². The van der Waals surface area contributed by atoms with Crippen molar-refractivity contribution in [1.82, 2.24) is 9.55 Å². The molecule has 33 heavy (non-hydrogen) atoms. The first-order valence-corrected chi connectivity index (χ1v) is 12.0. The normalized spacial score (nSPS) is 24.9. The number of phosphoric ester groups is 1. The number of hydrogen-bond acceptors (Lipinski definition) is 11. The number of aliphatic hydroxyl groups excluding tert-OH is 3. The number of quaternary nitrogens is 1. The molecule has 1 unspecified atom stereocenters. The Balaban J connectivity index is 0.000000609. The number of rotatable bonds is 8. The third-order valence-electron chi connectivity index (χ3n) is 3.87. The monoisotopic (exact) mass is 531 g/mol. The topological polar surface area (TPSA) is 244 Å². The van der Waals surface area contributed by atoms with E-state index in [0.29, 0.717) is 11.0 Å². The second kappa shape index (κ2) is 13.2. The second-order valence-corrected chi connectivity index (χ2v) is 10.5. The van der Waals surface area contributed by atoms with Crippen LogP contribution in [0.2, 0.25) is 0 Å². The molecule has 1 saturated heterocycles. The molecule has 1 aromatic rings. The zero-order chi connectivity index (χ0) is 24.9. The van der Waals surface area contributed by atoms with Crippen LogP contribution in [0.15, 0.2) is 17.1 Å². The summed E-state index contributed by atoms with van der Waals surface area (Å²) >= 11 is 0. The molecule has 1 aromatic heterocycles. The molecule has 5 atom stereocenters. The Morgan fingerprint density at radius 2 is 1.79 bits per heavy atom.